The van der Waals surface area contributed by atoms with Crippen LogP contribution in [0.25, 0.3) is 0 Å². The summed E-state index contributed by atoms with van der Waals surface area (Å²) in [4.78, 5) is 26.7. The standard InChI is InChI=1S/C14H17F3N4O3/c15-14(16,17)10-18-8-21(20-10)7-9(22)19-13-4-1-12(2-5-13,3-6-13)11(23)24/h8H,1-7H2,(H,19,22)(H,23,24). The molecule has 1 amide bonds. The molecule has 1 aromatic rings. The molecule has 0 radical (unpaired) electrons. The number of carboxylic acids is 1. The number of alkyl halides is 3. The van der Waals surface area contributed by atoms with Crippen LogP contribution in [0, 0.1) is 5.41 Å². The van der Waals surface area contributed by atoms with E-state index in [2.05, 4.69) is 15.4 Å². The van der Waals surface area contributed by atoms with E-state index in [1.165, 1.54) is 0 Å². The Morgan fingerprint density at radius 2 is 1.79 bits per heavy atom. The van der Waals surface area contributed by atoms with Crippen molar-refractivity contribution < 1.29 is 27.9 Å². The van der Waals surface area contributed by atoms with E-state index in [1.54, 1.807) is 0 Å². The number of hydrogen-bond donors (Lipinski definition) is 2. The van der Waals surface area contributed by atoms with Gasteiger partial charge in [0.25, 0.3) is 5.82 Å². The van der Waals surface area contributed by atoms with Crippen molar-refractivity contribution in [1.82, 2.24) is 20.1 Å². The van der Waals surface area contributed by atoms with Crippen molar-refractivity contribution in [1.29, 1.82) is 0 Å². The third-order valence-electron chi connectivity index (χ3n) is 5.20. The first-order valence-electron chi connectivity index (χ1n) is 7.65. The summed E-state index contributed by atoms with van der Waals surface area (Å²) in [6.45, 7) is -0.352. The fourth-order valence-electron chi connectivity index (χ4n) is 3.68. The molecule has 0 spiro atoms. The van der Waals surface area contributed by atoms with Crippen LogP contribution in [0.15, 0.2) is 6.33 Å². The largest absolute Gasteiger partial charge is 0.481 e. The monoisotopic (exact) mass is 346 g/mol. The second-order valence-corrected chi connectivity index (χ2v) is 6.68. The first-order chi connectivity index (χ1) is 11.1. The summed E-state index contributed by atoms with van der Waals surface area (Å²) in [5, 5.41) is 15.5. The topological polar surface area (TPSA) is 97.1 Å². The highest BCUT2D eigenvalue weighted by Crippen LogP contribution is 2.52. The van der Waals surface area contributed by atoms with Gasteiger partial charge < -0.3 is 10.4 Å². The minimum Gasteiger partial charge on any atom is -0.481 e. The van der Waals surface area contributed by atoms with Crippen molar-refractivity contribution in [2.75, 3.05) is 0 Å². The number of halogens is 3. The SMILES string of the molecule is O=C(Cn1cnc(C(F)(F)F)n1)NC12CCC(C(=O)O)(CC1)CC2. The number of fused-ring (bicyclic) bond motifs is 3. The summed E-state index contributed by atoms with van der Waals surface area (Å²) in [6.07, 6.45) is -0.564. The molecule has 132 valence electrons. The molecule has 0 aliphatic heterocycles. The van der Waals surface area contributed by atoms with Crippen LogP contribution in [0.3, 0.4) is 0 Å². The van der Waals surface area contributed by atoms with Gasteiger partial charge in [-0.15, -0.1) is 5.10 Å². The van der Waals surface area contributed by atoms with Crippen LogP contribution in [0.4, 0.5) is 13.2 Å². The molecule has 1 aromatic heterocycles. The molecular weight excluding hydrogens is 329 g/mol. The van der Waals surface area contributed by atoms with Crippen molar-refractivity contribution in [3.8, 4) is 0 Å². The van der Waals surface area contributed by atoms with Crippen molar-refractivity contribution in [2.24, 2.45) is 5.41 Å². The Bertz CT molecular complexity index is 646. The minimum atomic E-state index is -4.65. The van der Waals surface area contributed by atoms with E-state index in [9.17, 15) is 27.9 Å². The average Bonchev–Trinajstić information content (AvgIpc) is 2.97. The Balaban J connectivity index is 1.60. The van der Waals surface area contributed by atoms with Crippen LogP contribution < -0.4 is 5.32 Å². The first-order valence-corrected chi connectivity index (χ1v) is 7.65. The zero-order valence-electron chi connectivity index (χ0n) is 12.8. The van der Waals surface area contributed by atoms with E-state index in [-0.39, 0.29) is 6.54 Å². The Kier molecular flexibility index (Phi) is 3.80. The van der Waals surface area contributed by atoms with E-state index >= 15 is 0 Å². The lowest BCUT2D eigenvalue weighted by Gasteiger charge is -2.51. The Labute approximate surface area is 135 Å². The highest BCUT2D eigenvalue weighted by molar-refractivity contribution is 5.78. The maximum atomic E-state index is 12.4. The smallest absolute Gasteiger partial charge is 0.453 e. The highest BCUT2D eigenvalue weighted by atomic mass is 19.4. The van der Waals surface area contributed by atoms with Crippen LogP contribution in [0.2, 0.25) is 0 Å². The Hall–Kier alpha value is -2.13. The van der Waals surface area contributed by atoms with Gasteiger partial charge in [-0.1, -0.05) is 0 Å². The van der Waals surface area contributed by atoms with Crippen LogP contribution >= 0.6 is 0 Å². The molecule has 0 saturated heterocycles. The molecule has 2 N–H and O–H groups in total. The third-order valence-corrected chi connectivity index (χ3v) is 5.20. The number of amides is 1. The summed E-state index contributed by atoms with van der Waals surface area (Å²) in [7, 11) is 0. The molecule has 3 aliphatic rings. The lowest BCUT2D eigenvalue weighted by atomic mass is 9.57. The van der Waals surface area contributed by atoms with E-state index in [4.69, 9.17) is 0 Å². The van der Waals surface area contributed by atoms with Gasteiger partial charge in [0, 0.05) is 5.54 Å². The lowest BCUT2D eigenvalue weighted by molar-refractivity contribution is -0.157. The van der Waals surface area contributed by atoms with Crippen LogP contribution in [-0.4, -0.2) is 37.3 Å². The van der Waals surface area contributed by atoms with E-state index in [0.29, 0.717) is 38.5 Å². The number of nitrogens with one attached hydrogen (secondary N) is 1. The number of nitrogens with zero attached hydrogens (tertiary/aromatic N) is 3. The van der Waals surface area contributed by atoms with Crippen LogP contribution in [0.1, 0.15) is 44.3 Å². The molecule has 3 saturated carbocycles. The van der Waals surface area contributed by atoms with Crippen molar-refractivity contribution in [3.63, 3.8) is 0 Å². The molecule has 0 aromatic carbocycles. The van der Waals surface area contributed by atoms with Gasteiger partial charge in [-0.2, -0.15) is 13.2 Å². The molecule has 1 heterocycles. The Morgan fingerprint density at radius 3 is 2.25 bits per heavy atom. The van der Waals surface area contributed by atoms with Gasteiger partial charge >= 0.3 is 12.1 Å². The predicted octanol–water partition coefficient (Wildman–Crippen LogP) is 1.59. The summed E-state index contributed by atoms with van der Waals surface area (Å²) in [5.74, 6) is -2.52. The second kappa shape index (κ2) is 5.45. The Morgan fingerprint density at radius 1 is 1.21 bits per heavy atom. The molecule has 0 unspecified atom stereocenters. The van der Waals surface area contributed by atoms with Gasteiger partial charge in [-0.25, -0.2) is 9.67 Å². The molecule has 2 bridgehead atoms. The summed E-state index contributed by atoms with van der Waals surface area (Å²) in [5.41, 5.74) is -1.14. The van der Waals surface area contributed by atoms with Crippen molar-refractivity contribution in [3.05, 3.63) is 12.2 Å². The van der Waals surface area contributed by atoms with Gasteiger partial charge in [0.1, 0.15) is 12.9 Å². The van der Waals surface area contributed by atoms with Crippen molar-refractivity contribution >= 4 is 11.9 Å². The van der Waals surface area contributed by atoms with Crippen LogP contribution in [0.5, 0.6) is 0 Å². The molecule has 3 fully saturated rings. The van der Waals surface area contributed by atoms with E-state index in [0.717, 1.165) is 11.0 Å². The fourth-order valence-corrected chi connectivity index (χ4v) is 3.68. The molecule has 3 aliphatic carbocycles. The number of rotatable bonds is 4. The number of carbonyl (C=O) groups is 2. The highest BCUT2D eigenvalue weighted by Gasteiger charge is 2.53. The quantitative estimate of drug-likeness (QED) is 0.863. The molecule has 24 heavy (non-hydrogen) atoms. The van der Waals surface area contributed by atoms with E-state index < -0.39 is 34.8 Å². The zero-order valence-corrected chi connectivity index (χ0v) is 12.8. The number of carbonyl (C=O) groups excluding carboxylic acids is 1. The van der Waals surface area contributed by atoms with Gasteiger partial charge in [0.2, 0.25) is 5.91 Å². The number of carboxylic acid groups (broad SMARTS) is 1. The maximum absolute atomic E-state index is 12.4. The summed E-state index contributed by atoms with van der Waals surface area (Å²) < 4.78 is 38.2. The van der Waals surface area contributed by atoms with Gasteiger partial charge in [-0.05, 0) is 38.5 Å². The maximum Gasteiger partial charge on any atom is 0.453 e. The third kappa shape index (κ3) is 2.96. The number of aliphatic carboxylic acids is 1. The number of aromatic nitrogens is 3. The van der Waals surface area contributed by atoms with Gasteiger partial charge in [0.05, 0.1) is 5.41 Å². The van der Waals surface area contributed by atoms with Gasteiger partial charge in [-0.3, -0.25) is 9.59 Å². The lowest BCUT2D eigenvalue weighted by Crippen LogP contribution is -2.58. The summed E-state index contributed by atoms with van der Waals surface area (Å²) in [6, 6.07) is 0. The fraction of sp³-hybridized carbons (Fsp3) is 0.714. The van der Waals surface area contributed by atoms with Crippen molar-refractivity contribution in [2.45, 2.75) is 56.8 Å². The molecule has 4 rings (SSSR count). The molecule has 7 nitrogen and oxygen atoms in total. The van der Waals surface area contributed by atoms with Crippen LogP contribution in [-0.2, 0) is 22.3 Å². The molecule has 10 heteroatoms. The predicted molar refractivity (Wildman–Crippen MR) is 73.7 cm³/mol. The minimum absolute atomic E-state index is 0.352. The zero-order chi connectivity index (χ0) is 17.6. The normalized spacial score (nSPS) is 29.5. The molecule has 0 atom stereocenters. The first kappa shape index (κ1) is 16.7. The number of hydrogen-bond acceptors (Lipinski definition) is 4. The van der Waals surface area contributed by atoms with E-state index in [1.807, 2.05) is 0 Å². The second-order valence-electron chi connectivity index (χ2n) is 6.68. The van der Waals surface area contributed by atoms with Gasteiger partial charge in [0.15, 0.2) is 0 Å². The average molecular weight is 346 g/mol. The molecular formula is C14H17F3N4O3. The summed E-state index contributed by atoms with van der Waals surface area (Å²) >= 11 is 0.